The summed E-state index contributed by atoms with van der Waals surface area (Å²) in [7, 11) is 3.50. The van der Waals surface area contributed by atoms with Crippen LogP contribution in [-0.2, 0) is 0 Å². The predicted molar refractivity (Wildman–Crippen MR) is 92.2 cm³/mol. The van der Waals surface area contributed by atoms with Gasteiger partial charge in [0.05, 0.1) is 12.5 Å². The summed E-state index contributed by atoms with van der Waals surface area (Å²) in [6, 6.07) is 11.3. The van der Waals surface area contributed by atoms with Crippen LogP contribution in [0.2, 0.25) is 5.02 Å². The Kier molecular flexibility index (Phi) is 3.42. The third kappa shape index (κ3) is 2.30. The first-order valence-corrected chi connectivity index (χ1v) is 7.59. The first-order chi connectivity index (χ1) is 11.7. The van der Waals surface area contributed by atoms with Crippen molar-refractivity contribution in [3.05, 3.63) is 47.7 Å². The summed E-state index contributed by atoms with van der Waals surface area (Å²) in [5.41, 5.74) is 1.59. The van der Waals surface area contributed by atoms with E-state index in [4.69, 9.17) is 16.3 Å². The molecule has 8 heteroatoms. The monoisotopic (exact) mass is 340 g/mol. The summed E-state index contributed by atoms with van der Waals surface area (Å²) in [6.45, 7) is 0. The number of pyridine rings is 1. The van der Waals surface area contributed by atoms with E-state index in [0.717, 1.165) is 11.1 Å². The highest BCUT2D eigenvalue weighted by molar-refractivity contribution is 6.30. The first-order valence-electron chi connectivity index (χ1n) is 7.21. The van der Waals surface area contributed by atoms with Crippen LogP contribution < -0.4 is 9.64 Å². The average molecular weight is 341 g/mol. The normalized spacial score (nSPS) is 11.1. The molecule has 0 aliphatic carbocycles. The Bertz CT molecular complexity index is 1050. The highest BCUT2D eigenvalue weighted by Crippen LogP contribution is 2.31. The van der Waals surface area contributed by atoms with Gasteiger partial charge in [-0.15, -0.1) is 10.2 Å². The van der Waals surface area contributed by atoms with Crippen LogP contribution in [0.15, 0.2) is 42.7 Å². The van der Waals surface area contributed by atoms with E-state index in [1.807, 2.05) is 42.3 Å². The summed E-state index contributed by atoms with van der Waals surface area (Å²) >= 11 is 6.11. The van der Waals surface area contributed by atoms with Gasteiger partial charge in [-0.2, -0.15) is 9.97 Å². The summed E-state index contributed by atoms with van der Waals surface area (Å²) in [4.78, 5) is 11.1. The van der Waals surface area contributed by atoms with Gasteiger partial charge in [-0.25, -0.2) is 4.40 Å². The lowest BCUT2D eigenvalue weighted by Crippen LogP contribution is -2.13. The molecule has 0 N–H and O–H groups in total. The molecule has 7 nitrogen and oxygen atoms in total. The number of ether oxygens (including phenoxy) is 1. The lowest BCUT2D eigenvalue weighted by atomic mass is 10.2. The lowest BCUT2D eigenvalue weighted by molar-refractivity contribution is 0.399. The van der Waals surface area contributed by atoms with Gasteiger partial charge in [0.15, 0.2) is 5.65 Å². The second-order valence-corrected chi connectivity index (χ2v) is 5.64. The number of anilines is 2. The van der Waals surface area contributed by atoms with Crippen molar-refractivity contribution >= 4 is 39.9 Å². The Balaban J connectivity index is 1.99. The number of aromatic nitrogens is 5. The van der Waals surface area contributed by atoms with Crippen LogP contribution in [0.25, 0.3) is 16.8 Å². The molecule has 0 fully saturated rings. The highest BCUT2D eigenvalue weighted by atomic mass is 35.5. The summed E-state index contributed by atoms with van der Waals surface area (Å²) in [5.74, 6) is 1.69. The van der Waals surface area contributed by atoms with Gasteiger partial charge in [0.1, 0.15) is 12.1 Å². The molecule has 3 heterocycles. The van der Waals surface area contributed by atoms with Gasteiger partial charge < -0.3 is 9.64 Å². The van der Waals surface area contributed by atoms with Crippen molar-refractivity contribution in [1.29, 1.82) is 0 Å². The van der Waals surface area contributed by atoms with E-state index in [9.17, 15) is 0 Å². The van der Waals surface area contributed by atoms with Crippen molar-refractivity contribution in [2.45, 2.75) is 0 Å². The van der Waals surface area contributed by atoms with Gasteiger partial charge in [-0.1, -0.05) is 17.7 Å². The molecule has 0 radical (unpaired) electrons. The van der Waals surface area contributed by atoms with Crippen LogP contribution in [0.5, 0.6) is 5.88 Å². The molecule has 3 aromatic heterocycles. The summed E-state index contributed by atoms with van der Waals surface area (Å²) in [6.07, 6.45) is 1.58. The topological polar surface area (TPSA) is 68.4 Å². The van der Waals surface area contributed by atoms with E-state index in [2.05, 4.69) is 20.2 Å². The maximum Gasteiger partial charge on any atom is 0.258 e. The van der Waals surface area contributed by atoms with Crippen molar-refractivity contribution in [2.75, 3.05) is 19.1 Å². The number of fused-ring (bicyclic) bond motifs is 3. The van der Waals surface area contributed by atoms with E-state index in [1.165, 1.54) is 0 Å². The van der Waals surface area contributed by atoms with E-state index < -0.39 is 0 Å². The minimum Gasteiger partial charge on any atom is -0.481 e. The molecule has 4 aromatic rings. The van der Waals surface area contributed by atoms with Gasteiger partial charge in [-0.3, -0.25) is 0 Å². The van der Waals surface area contributed by atoms with Crippen molar-refractivity contribution < 1.29 is 4.74 Å². The summed E-state index contributed by atoms with van der Waals surface area (Å²) < 4.78 is 6.96. The number of hydrogen-bond donors (Lipinski definition) is 0. The molecule has 0 amide bonds. The van der Waals surface area contributed by atoms with E-state index in [0.29, 0.717) is 28.1 Å². The summed E-state index contributed by atoms with van der Waals surface area (Å²) in [5, 5.41) is 9.48. The van der Waals surface area contributed by atoms with E-state index in [1.54, 1.807) is 23.9 Å². The number of benzene rings is 1. The molecule has 0 unspecified atom stereocenters. The second-order valence-electron chi connectivity index (χ2n) is 5.20. The van der Waals surface area contributed by atoms with Crippen molar-refractivity contribution in [3.63, 3.8) is 0 Å². The number of methoxy groups -OCH3 is 1. The van der Waals surface area contributed by atoms with Crippen LogP contribution in [0, 0.1) is 0 Å². The van der Waals surface area contributed by atoms with Crippen molar-refractivity contribution in [2.24, 2.45) is 0 Å². The molecule has 0 saturated carbocycles. The minimum atomic E-state index is 0.465. The van der Waals surface area contributed by atoms with Crippen LogP contribution in [0.3, 0.4) is 0 Å². The highest BCUT2D eigenvalue weighted by Gasteiger charge is 2.16. The second kappa shape index (κ2) is 5.61. The van der Waals surface area contributed by atoms with Crippen LogP contribution >= 0.6 is 11.6 Å². The van der Waals surface area contributed by atoms with Crippen LogP contribution in [0.4, 0.5) is 11.5 Å². The SMILES string of the molecule is COc1ccc2c(N(C)c3cccc(Cl)c3)nc3nncn3c2n1. The molecular formula is C16H13ClN6O. The van der Waals surface area contributed by atoms with Crippen molar-refractivity contribution in [3.8, 4) is 5.88 Å². The Hall–Kier alpha value is -2.93. The van der Waals surface area contributed by atoms with Crippen LogP contribution in [-0.4, -0.2) is 38.7 Å². The largest absolute Gasteiger partial charge is 0.481 e. The molecule has 0 aliphatic rings. The molecule has 1 aromatic carbocycles. The van der Waals surface area contributed by atoms with E-state index >= 15 is 0 Å². The molecule has 0 saturated heterocycles. The molecule has 24 heavy (non-hydrogen) atoms. The van der Waals surface area contributed by atoms with Gasteiger partial charge in [-0.05, 0) is 24.3 Å². The number of hydrogen-bond acceptors (Lipinski definition) is 6. The molecule has 0 spiro atoms. The molecule has 0 atom stereocenters. The fraction of sp³-hybridized carbons (Fsp3) is 0.125. The fourth-order valence-corrected chi connectivity index (χ4v) is 2.76. The van der Waals surface area contributed by atoms with Gasteiger partial charge in [0.25, 0.3) is 5.78 Å². The van der Waals surface area contributed by atoms with Crippen LogP contribution in [0.1, 0.15) is 0 Å². The molecule has 0 bridgehead atoms. The molecule has 120 valence electrons. The van der Waals surface area contributed by atoms with Gasteiger partial charge in [0.2, 0.25) is 5.88 Å². The number of halogens is 1. The zero-order chi connectivity index (χ0) is 16.7. The minimum absolute atomic E-state index is 0.465. The zero-order valence-corrected chi connectivity index (χ0v) is 13.8. The Morgan fingerprint density at radius 1 is 1.17 bits per heavy atom. The standard InChI is InChI=1S/C16H13ClN6O/c1-22(11-5-3-4-10(17)8-11)14-12-6-7-13(24-2)19-15(12)23-9-18-21-16(23)20-14/h3-9H,1-2H3. The maximum atomic E-state index is 6.11. The van der Waals surface area contributed by atoms with Gasteiger partial charge >= 0.3 is 0 Å². The first kappa shape index (κ1) is 14.6. The van der Waals surface area contributed by atoms with Gasteiger partial charge in [0, 0.05) is 23.8 Å². The number of nitrogens with zero attached hydrogens (tertiary/aromatic N) is 6. The lowest BCUT2D eigenvalue weighted by Gasteiger charge is -2.20. The van der Waals surface area contributed by atoms with E-state index in [-0.39, 0.29) is 0 Å². The average Bonchev–Trinajstić information content (AvgIpc) is 3.08. The zero-order valence-electron chi connectivity index (χ0n) is 13.0. The smallest absolute Gasteiger partial charge is 0.258 e. The third-order valence-electron chi connectivity index (χ3n) is 3.78. The fourth-order valence-electron chi connectivity index (χ4n) is 2.58. The molecule has 0 aliphatic heterocycles. The third-order valence-corrected chi connectivity index (χ3v) is 4.01. The quantitative estimate of drug-likeness (QED) is 0.571. The molecular weight excluding hydrogens is 328 g/mol. The maximum absolute atomic E-state index is 6.11. The number of rotatable bonds is 3. The van der Waals surface area contributed by atoms with Crippen molar-refractivity contribution in [1.82, 2.24) is 24.6 Å². The predicted octanol–water partition coefficient (Wildman–Crippen LogP) is 3.10. The Morgan fingerprint density at radius 3 is 2.83 bits per heavy atom. The Morgan fingerprint density at radius 2 is 2.04 bits per heavy atom. The molecule has 4 rings (SSSR count). The Labute approximate surface area is 142 Å².